The number of non-ortho nitro benzene ring substituents is 1. The van der Waals surface area contributed by atoms with Gasteiger partial charge in [-0.25, -0.2) is 4.79 Å². The van der Waals surface area contributed by atoms with Gasteiger partial charge in [0.2, 0.25) is 0 Å². The molecule has 0 aliphatic rings. The first-order valence-corrected chi connectivity index (χ1v) is 11.8. The molecule has 9 heteroatoms. The topological polar surface area (TPSA) is 127 Å². The Morgan fingerprint density at radius 1 is 0.968 bits per heavy atom. The van der Waals surface area contributed by atoms with Crippen molar-refractivity contribution >= 4 is 24.7 Å². The number of benzene rings is 2. The summed E-state index contributed by atoms with van der Waals surface area (Å²) < 4.78 is 14.2. The second-order valence-electron chi connectivity index (χ2n) is 7.90. The van der Waals surface area contributed by atoms with Gasteiger partial charge < -0.3 is 15.0 Å². The van der Waals surface area contributed by atoms with Gasteiger partial charge in [-0.2, -0.15) is 0 Å². The lowest BCUT2D eigenvalue weighted by atomic mass is 10.0. The Kier molecular flexibility index (Phi) is 7.74. The van der Waals surface area contributed by atoms with E-state index in [1.165, 1.54) is 24.3 Å². The first-order chi connectivity index (χ1) is 14.5. The highest BCUT2D eigenvalue weighted by Crippen LogP contribution is 2.67. The van der Waals surface area contributed by atoms with E-state index in [9.17, 15) is 29.4 Å². The minimum Gasteiger partial charge on any atom is -0.480 e. The fourth-order valence-corrected chi connectivity index (χ4v) is 7.56. The highest BCUT2D eigenvalue weighted by molar-refractivity contribution is 7.65. The normalized spacial score (nSPS) is 13.6. The molecule has 0 fully saturated rings. The number of rotatable bonds is 9. The van der Waals surface area contributed by atoms with Crippen molar-refractivity contribution < 1.29 is 24.2 Å². The molecule has 2 atom stereocenters. The SMILES string of the molecule is CC(C)P(=O)(C(C)C)C(c1ccc([N+](=O)[O-])cc1)C(NC(=O)c1ccccc1)C(=O)O. The Bertz CT molecular complexity index is 977. The van der Waals surface area contributed by atoms with Gasteiger partial charge in [-0.1, -0.05) is 58.0 Å². The Morgan fingerprint density at radius 3 is 1.90 bits per heavy atom. The van der Waals surface area contributed by atoms with E-state index >= 15 is 0 Å². The van der Waals surface area contributed by atoms with Crippen molar-refractivity contribution in [2.45, 2.75) is 50.7 Å². The molecule has 2 aromatic carbocycles. The molecule has 0 heterocycles. The molecule has 0 aliphatic carbocycles. The van der Waals surface area contributed by atoms with Gasteiger partial charge in [0.15, 0.2) is 0 Å². The van der Waals surface area contributed by atoms with Gasteiger partial charge in [-0.3, -0.25) is 14.9 Å². The fraction of sp³-hybridized carbons (Fsp3) is 0.364. The van der Waals surface area contributed by atoms with Crippen molar-refractivity contribution in [1.82, 2.24) is 5.32 Å². The second kappa shape index (κ2) is 9.88. The molecule has 0 saturated carbocycles. The Morgan fingerprint density at radius 2 is 1.48 bits per heavy atom. The molecule has 2 unspecified atom stereocenters. The predicted molar refractivity (Wildman–Crippen MR) is 119 cm³/mol. The molecule has 0 spiro atoms. The molecule has 2 N–H and O–H groups in total. The number of nitrogens with zero attached hydrogens (tertiary/aromatic N) is 1. The summed E-state index contributed by atoms with van der Waals surface area (Å²) in [5.74, 6) is -1.92. The van der Waals surface area contributed by atoms with E-state index in [1.807, 2.05) is 0 Å². The van der Waals surface area contributed by atoms with Gasteiger partial charge in [0, 0.05) is 29.0 Å². The van der Waals surface area contributed by atoms with Crippen molar-refractivity contribution in [3.63, 3.8) is 0 Å². The Labute approximate surface area is 181 Å². The molecule has 0 aliphatic heterocycles. The number of hydrogen-bond acceptors (Lipinski definition) is 5. The molecule has 2 aromatic rings. The van der Waals surface area contributed by atoms with Crippen molar-refractivity contribution in [1.29, 1.82) is 0 Å². The van der Waals surface area contributed by atoms with Crippen LogP contribution in [0.3, 0.4) is 0 Å². The summed E-state index contributed by atoms with van der Waals surface area (Å²) in [6.45, 7) is 7.04. The van der Waals surface area contributed by atoms with Crippen LogP contribution in [0.15, 0.2) is 54.6 Å². The van der Waals surface area contributed by atoms with Crippen molar-refractivity contribution in [2.75, 3.05) is 0 Å². The number of carboxylic acid groups (broad SMARTS) is 1. The summed E-state index contributed by atoms with van der Waals surface area (Å²) in [5, 5.41) is 23.6. The summed E-state index contributed by atoms with van der Waals surface area (Å²) >= 11 is 0. The molecule has 0 saturated heterocycles. The lowest BCUT2D eigenvalue weighted by molar-refractivity contribution is -0.384. The summed E-state index contributed by atoms with van der Waals surface area (Å²) in [5.41, 5.74) is -1.31. The van der Waals surface area contributed by atoms with E-state index in [2.05, 4.69) is 5.32 Å². The monoisotopic (exact) mass is 446 g/mol. The largest absolute Gasteiger partial charge is 0.480 e. The summed E-state index contributed by atoms with van der Waals surface area (Å²) in [6, 6.07) is 12.0. The molecule has 2 rings (SSSR count). The number of nitrogens with one attached hydrogen (secondary N) is 1. The number of amides is 1. The van der Waals surface area contributed by atoms with Gasteiger partial charge in [-0.15, -0.1) is 0 Å². The smallest absolute Gasteiger partial charge is 0.327 e. The van der Waals surface area contributed by atoms with E-state index < -0.39 is 35.6 Å². The van der Waals surface area contributed by atoms with Gasteiger partial charge >= 0.3 is 5.97 Å². The van der Waals surface area contributed by atoms with Gasteiger partial charge in [0.1, 0.15) is 13.2 Å². The van der Waals surface area contributed by atoms with Gasteiger partial charge in [-0.05, 0) is 17.7 Å². The highest BCUT2D eigenvalue weighted by atomic mass is 31.2. The maximum atomic E-state index is 14.2. The molecule has 0 bridgehead atoms. The van der Waals surface area contributed by atoms with E-state index in [1.54, 1.807) is 58.0 Å². The maximum Gasteiger partial charge on any atom is 0.327 e. The number of nitro groups is 1. The van der Waals surface area contributed by atoms with E-state index in [0.29, 0.717) is 5.56 Å². The van der Waals surface area contributed by atoms with Crippen LogP contribution in [0, 0.1) is 10.1 Å². The summed E-state index contributed by atoms with van der Waals surface area (Å²) in [4.78, 5) is 35.5. The number of carboxylic acids is 1. The quantitative estimate of drug-likeness (QED) is 0.327. The van der Waals surface area contributed by atoms with Crippen LogP contribution in [-0.4, -0.2) is 39.3 Å². The number of carbonyl (C=O) groups excluding carboxylic acids is 1. The van der Waals surface area contributed by atoms with Crippen LogP contribution in [0.25, 0.3) is 0 Å². The number of aliphatic carboxylic acids is 1. The molecule has 8 nitrogen and oxygen atoms in total. The van der Waals surface area contributed by atoms with Gasteiger partial charge in [0.05, 0.1) is 10.6 Å². The average Bonchev–Trinajstić information content (AvgIpc) is 2.73. The molecular formula is C22H27N2O6P. The van der Waals surface area contributed by atoms with Crippen LogP contribution in [0.1, 0.15) is 49.3 Å². The first-order valence-electron chi connectivity index (χ1n) is 9.92. The van der Waals surface area contributed by atoms with Crippen molar-refractivity contribution in [3.05, 3.63) is 75.8 Å². The van der Waals surface area contributed by atoms with Crippen molar-refractivity contribution in [2.24, 2.45) is 0 Å². The zero-order valence-corrected chi connectivity index (χ0v) is 18.8. The maximum absolute atomic E-state index is 14.2. The van der Waals surface area contributed by atoms with E-state index in [0.717, 1.165) is 0 Å². The van der Waals surface area contributed by atoms with Crippen LogP contribution in [0.2, 0.25) is 0 Å². The van der Waals surface area contributed by atoms with Crippen LogP contribution < -0.4 is 5.32 Å². The molecule has 166 valence electrons. The zero-order chi connectivity index (χ0) is 23.3. The molecule has 31 heavy (non-hydrogen) atoms. The lowest BCUT2D eigenvalue weighted by Gasteiger charge is -2.37. The third kappa shape index (κ3) is 5.20. The van der Waals surface area contributed by atoms with E-state index in [4.69, 9.17) is 0 Å². The lowest BCUT2D eigenvalue weighted by Crippen LogP contribution is -2.46. The molecular weight excluding hydrogens is 419 g/mol. The minimum atomic E-state index is -3.26. The predicted octanol–water partition coefficient (Wildman–Crippen LogP) is 4.70. The average molecular weight is 446 g/mol. The minimum absolute atomic E-state index is 0.161. The molecule has 0 aromatic heterocycles. The van der Waals surface area contributed by atoms with Crippen molar-refractivity contribution in [3.8, 4) is 0 Å². The Balaban J connectivity index is 2.62. The zero-order valence-electron chi connectivity index (χ0n) is 17.9. The fourth-order valence-electron chi connectivity index (χ4n) is 3.78. The highest BCUT2D eigenvalue weighted by Gasteiger charge is 2.47. The molecule has 1 amide bonds. The third-order valence-electron chi connectivity index (χ3n) is 5.40. The number of nitro benzene ring substituents is 1. The van der Waals surface area contributed by atoms with Gasteiger partial charge in [0.25, 0.3) is 11.6 Å². The second-order valence-corrected chi connectivity index (χ2v) is 12.0. The van der Waals surface area contributed by atoms with Crippen LogP contribution >= 0.6 is 7.14 Å². The number of hydrogen-bond donors (Lipinski definition) is 2. The van der Waals surface area contributed by atoms with Crippen LogP contribution in [0.5, 0.6) is 0 Å². The number of carbonyl (C=O) groups is 2. The Hall–Kier alpha value is -2.99. The van der Waals surface area contributed by atoms with Crippen LogP contribution in [-0.2, 0) is 9.36 Å². The first kappa shape index (κ1) is 24.3. The van der Waals surface area contributed by atoms with E-state index in [-0.39, 0.29) is 22.6 Å². The van der Waals surface area contributed by atoms with Crippen LogP contribution in [0.4, 0.5) is 5.69 Å². The third-order valence-corrected chi connectivity index (χ3v) is 10.1. The summed E-state index contributed by atoms with van der Waals surface area (Å²) in [6.07, 6.45) is 0. The molecule has 0 radical (unpaired) electrons. The standard InChI is InChI=1S/C22H27N2O6P/c1-14(2)31(30,15(3)4)20(16-10-12-18(13-11-16)24(28)29)19(22(26)27)23-21(25)17-8-6-5-7-9-17/h5-15,19-20H,1-4H3,(H,23,25)(H,26,27). The summed E-state index contributed by atoms with van der Waals surface area (Å²) in [7, 11) is -3.26.